The minimum absolute atomic E-state index is 0.0664. The number of nitrogens with one attached hydrogen (secondary N) is 1. The number of hydrogen-bond donors (Lipinski definition) is 1. The molecule has 0 saturated heterocycles. The predicted octanol–water partition coefficient (Wildman–Crippen LogP) is 1.97. The molecule has 5 heteroatoms. The second-order valence-electron chi connectivity index (χ2n) is 3.86. The third-order valence-corrected chi connectivity index (χ3v) is 4.05. The van der Waals surface area contributed by atoms with E-state index in [1.807, 2.05) is 20.8 Å². The third-order valence-electron chi connectivity index (χ3n) is 1.78. The van der Waals surface area contributed by atoms with Crippen LogP contribution in [0.3, 0.4) is 0 Å². The molecule has 1 N–H and O–H groups in total. The zero-order chi connectivity index (χ0) is 11.2. The Morgan fingerprint density at radius 1 is 1.36 bits per heavy atom. The first kappa shape index (κ1) is 14.2. The van der Waals surface area contributed by atoms with Crippen LogP contribution in [0.15, 0.2) is 0 Å². The van der Waals surface area contributed by atoms with Crippen molar-refractivity contribution in [2.75, 3.05) is 12.3 Å². The maximum Gasteiger partial charge on any atom is 0.211 e. The molecule has 0 aromatic heterocycles. The Morgan fingerprint density at radius 3 is 2.36 bits per heavy atom. The fraction of sp³-hybridized carbons (Fsp3) is 1.00. The molecule has 0 bridgehead atoms. The molecule has 0 spiro atoms. The minimum atomic E-state index is -3.09. The van der Waals surface area contributed by atoms with Gasteiger partial charge >= 0.3 is 0 Å². The monoisotopic (exact) mass is 241 g/mol. The van der Waals surface area contributed by atoms with Gasteiger partial charge in [0.2, 0.25) is 10.0 Å². The molecular formula is C9H20ClNO2S. The summed E-state index contributed by atoms with van der Waals surface area (Å²) in [6.07, 6.45) is 1.56. The summed E-state index contributed by atoms with van der Waals surface area (Å²) in [7, 11) is -3.09. The van der Waals surface area contributed by atoms with E-state index in [0.717, 1.165) is 6.42 Å². The van der Waals surface area contributed by atoms with E-state index in [9.17, 15) is 8.42 Å². The molecule has 0 aliphatic carbocycles. The quantitative estimate of drug-likeness (QED) is 0.693. The number of sulfonamides is 1. The number of alkyl halides is 1. The molecule has 0 aliphatic heterocycles. The van der Waals surface area contributed by atoms with Crippen LogP contribution in [-0.4, -0.2) is 26.1 Å². The summed E-state index contributed by atoms with van der Waals surface area (Å²) in [5, 5.41) is 0.0664. The van der Waals surface area contributed by atoms with Gasteiger partial charge in [-0.15, -0.1) is 11.6 Å². The van der Waals surface area contributed by atoms with Crippen molar-refractivity contribution in [3.8, 4) is 0 Å². The third kappa shape index (κ3) is 7.59. The van der Waals surface area contributed by atoms with Gasteiger partial charge < -0.3 is 0 Å². The van der Waals surface area contributed by atoms with Crippen LogP contribution < -0.4 is 4.72 Å². The Hall–Kier alpha value is 0.200. The van der Waals surface area contributed by atoms with E-state index in [1.165, 1.54) is 0 Å². The zero-order valence-electron chi connectivity index (χ0n) is 9.09. The lowest BCUT2D eigenvalue weighted by molar-refractivity contribution is 0.564. The highest BCUT2D eigenvalue weighted by Gasteiger charge is 2.12. The van der Waals surface area contributed by atoms with Gasteiger partial charge in [0.1, 0.15) is 0 Å². The summed E-state index contributed by atoms with van der Waals surface area (Å²) in [6.45, 7) is 6.20. The number of hydrogen-bond acceptors (Lipinski definition) is 2. The minimum Gasteiger partial charge on any atom is -0.215 e. The van der Waals surface area contributed by atoms with Crippen molar-refractivity contribution in [3.05, 3.63) is 0 Å². The van der Waals surface area contributed by atoms with Crippen molar-refractivity contribution in [2.24, 2.45) is 5.92 Å². The first-order valence-corrected chi connectivity index (χ1v) is 7.07. The van der Waals surface area contributed by atoms with Gasteiger partial charge in [-0.05, 0) is 18.8 Å². The maximum absolute atomic E-state index is 11.4. The van der Waals surface area contributed by atoms with E-state index in [-0.39, 0.29) is 17.0 Å². The van der Waals surface area contributed by atoms with Gasteiger partial charge in [-0.3, -0.25) is 0 Å². The molecule has 0 rings (SSSR count). The molecular weight excluding hydrogens is 222 g/mol. The molecule has 0 amide bonds. The molecule has 86 valence electrons. The van der Waals surface area contributed by atoms with E-state index in [1.54, 1.807) is 0 Å². The SMILES string of the molecule is CCC(Cl)CCNS(=O)(=O)CC(C)C. The molecule has 0 fully saturated rings. The van der Waals surface area contributed by atoms with Gasteiger partial charge in [-0.1, -0.05) is 20.8 Å². The van der Waals surface area contributed by atoms with Crippen LogP contribution in [0.25, 0.3) is 0 Å². The van der Waals surface area contributed by atoms with Gasteiger partial charge in [-0.2, -0.15) is 0 Å². The number of rotatable bonds is 7. The van der Waals surface area contributed by atoms with E-state index in [4.69, 9.17) is 11.6 Å². The Kier molecular flexibility index (Phi) is 6.74. The van der Waals surface area contributed by atoms with Crippen LogP contribution in [0.5, 0.6) is 0 Å². The molecule has 0 radical (unpaired) electrons. The lowest BCUT2D eigenvalue weighted by Crippen LogP contribution is -2.30. The zero-order valence-corrected chi connectivity index (χ0v) is 10.7. The van der Waals surface area contributed by atoms with Crippen LogP contribution in [-0.2, 0) is 10.0 Å². The Labute approximate surface area is 92.3 Å². The number of halogens is 1. The lowest BCUT2D eigenvalue weighted by atomic mass is 10.2. The molecule has 0 aromatic rings. The summed E-state index contributed by atoms with van der Waals surface area (Å²) in [6, 6.07) is 0. The summed E-state index contributed by atoms with van der Waals surface area (Å²) in [4.78, 5) is 0. The van der Waals surface area contributed by atoms with Crippen molar-refractivity contribution in [2.45, 2.75) is 39.0 Å². The van der Waals surface area contributed by atoms with Crippen molar-refractivity contribution >= 4 is 21.6 Å². The molecule has 1 atom stereocenters. The highest BCUT2D eigenvalue weighted by molar-refractivity contribution is 7.89. The molecule has 0 saturated carbocycles. The molecule has 1 unspecified atom stereocenters. The van der Waals surface area contributed by atoms with Crippen molar-refractivity contribution in [3.63, 3.8) is 0 Å². The molecule has 14 heavy (non-hydrogen) atoms. The topological polar surface area (TPSA) is 46.2 Å². The van der Waals surface area contributed by atoms with Gasteiger partial charge in [0, 0.05) is 11.9 Å². The Balaban J connectivity index is 3.77. The molecule has 3 nitrogen and oxygen atoms in total. The van der Waals surface area contributed by atoms with E-state index >= 15 is 0 Å². The normalized spacial score (nSPS) is 14.6. The highest BCUT2D eigenvalue weighted by Crippen LogP contribution is 2.05. The van der Waals surface area contributed by atoms with Crippen LogP contribution in [0.2, 0.25) is 0 Å². The van der Waals surface area contributed by atoms with E-state index < -0.39 is 10.0 Å². The maximum atomic E-state index is 11.4. The van der Waals surface area contributed by atoms with Crippen LogP contribution in [0.1, 0.15) is 33.6 Å². The van der Waals surface area contributed by atoms with E-state index in [2.05, 4.69) is 4.72 Å². The average molecular weight is 242 g/mol. The average Bonchev–Trinajstić information content (AvgIpc) is 2.01. The standard InChI is InChI=1S/C9H20ClNO2S/c1-4-9(10)5-6-11-14(12,13)7-8(2)3/h8-9,11H,4-7H2,1-3H3. The van der Waals surface area contributed by atoms with Gasteiger partial charge in [0.15, 0.2) is 0 Å². The fourth-order valence-corrected chi connectivity index (χ4v) is 2.61. The van der Waals surface area contributed by atoms with Gasteiger partial charge in [-0.25, -0.2) is 13.1 Å². The first-order valence-electron chi connectivity index (χ1n) is 4.98. The smallest absolute Gasteiger partial charge is 0.211 e. The van der Waals surface area contributed by atoms with Crippen molar-refractivity contribution < 1.29 is 8.42 Å². The summed E-state index contributed by atoms with van der Waals surface area (Å²) in [5.74, 6) is 0.344. The Morgan fingerprint density at radius 2 is 1.93 bits per heavy atom. The summed E-state index contributed by atoms with van der Waals surface area (Å²) >= 11 is 5.87. The summed E-state index contributed by atoms with van der Waals surface area (Å²) < 4.78 is 25.3. The summed E-state index contributed by atoms with van der Waals surface area (Å²) in [5.41, 5.74) is 0. The second-order valence-corrected chi connectivity index (χ2v) is 6.33. The molecule has 0 aliphatic rings. The first-order chi connectivity index (χ1) is 6.37. The van der Waals surface area contributed by atoms with Gasteiger partial charge in [0.05, 0.1) is 5.75 Å². The second kappa shape index (κ2) is 6.64. The molecule has 0 heterocycles. The largest absolute Gasteiger partial charge is 0.215 e. The molecule has 0 aromatic carbocycles. The van der Waals surface area contributed by atoms with E-state index in [0.29, 0.717) is 13.0 Å². The highest BCUT2D eigenvalue weighted by atomic mass is 35.5. The lowest BCUT2D eigenvalue weighted by Gasteiger charge is -2.10. The van der Waals surface area contributed by atoms with Gasteiger partial charge in [0.25, 0.3) is 0 Å². The van der Waals surface area contributed by atoms with Crippen molar-refractivity contribution in [1.29, 1.82) is 0 Å². The Bertz CT molecular complexity index is 239. The van der Waals surface area contributed by atoms with Crippen molar-refractivity contribution in [1.82, 2.24) is 4.72 Å². The van der Waals surface area contributed by atoms with Crippen LogP contribution in [0.4, 0.5) is 0 Å². The predicted molar refractivity (Wildman–Crippen MR) is 61.2 cm³/mol. The van der Waals surface area contributed by atoms with Crippen LogP contribution >= 0.6 is 11.6 Å². The van der Waals surface area contributed by atoms with Crippen LogP contribution in [0, 0.1) is 5.92 Å². The fourth-order valence-electron chi connectivity index (χ4n) is 1.07.